The highest BCUT2D eigenvalue weighted by Gasteiger charge is 2.16. The summed E-state index contributed by atoms with van der Waals surface area (Å²) in [6.45, 7) is 2.19. The van der Waals surface area contributed by atoms with Gasteiger partial charge in [-0.3, -0.25) is 10.1 Å². The van der Waals surface area contributed by atoms with Crippen LogP contribution in [0, 0.1) is 21.9 Å². The summed E-state index contributed by atoms with van der Waals surface area (Å²) in [6, 6.07) is 15.9. The van der Waals surface area contributed by atoms with Crippen LogP contribution in [0.4, 0.5) is 11.4 Å². The van der Waals surface area contributed by atoms with E-state index in [0.29, 0.717) is 11.6 Å². The number of nitrogens with zero attached hydrogens (tertiary/aromatic N) is 5. The van der Waals surface area contributed by atoms with Crippen LogP contribution in [0.5, 0.6) is 0 Å². The highest BCUT2D eigenvalue weighted by Crippen LogP contribution is 2.24. The molecule has 0 aliphatic heterocycles. The number of aromatic nitrogens is 4. The molecule has 0 saturated carbocycles. The molecule has 0 fully saturated rings. The molecular weight excluding hydrogens is 392 g/mol. The number of benzene rings is 2. The van der Waals surface area contributed by atoms with E-state index in [1.54, 1.807) is 18.3 Å². The largest absolute Gasteiger partial charge is 0.409 e. The van der Waals surface area contributed by atoms with E-state index in [0.717, 1.165) is 16.9 Å². The van der Waals surface area contributed by atoms with Crippen LogP contribution in [0.1, 0.15) is 5.69 Å². The van der Waals surface area contributed by atoms with E-state index in [4.69, 9.17) is 16.6 Å². The minimum atomic E-state index is -0.443. The third-order valence-corrected chi connectivity index (χ3v) is 4.65. The molecule has 0 saturated heterocycles. The third-order valence-electron chi connectivity index (χ3n) is 4.36. The molecule has 0 unspecified atom stereocenters. The van der Waals surface area contributed by atoms with Gasteiger partial charge in [-0.05, 0) is 43.4 Å². The molecule has 146 valence electrons. The van der Waals surface area contributed by atoms with Crippen molar-refractivity contribution in [3.8, 4) is 17.1 Å². The van der Waals surface area contributed by atoms with Crippen LogP contribution < -0.4 is 5.32 Å². The van der Waals surface area contributed by atoms with Gasteiger partial charge >= 0.3 is 0 Å². The van der Waals surface area contributed by atoms with Crippen LogP contribution in [-0.4, -0.2) is 24.5 Å². The Morgan fingerprint density at radius 2 is 1.90 bits per heavy atom. The smallest absolute Gasteiger partial charge is 0.289 e. The van der Waals surface area contributed by atoms with Crippen molar-refractivity contribution < 1.29 is 9.34 Å². The van der Waals surface area contributed by atoms with E-state index in [1.807, 2.05) is 41.9 Å². The molecule has 1 N–H and O–H groups in total. The first-order valence-corrected chi connectivity index (χ1v) is 9.10. The van der Waals surface area contributed by atoms with E-state index in [2.05, 4.69) is 15.5 Å². The lowest BCUT2D eigenvalue weighted by Gasteiger charge is -2.05. The zero-order chi connectivity index (χ0) is 20.4. The standard InChI is InChI=1S/C19H16N6O3S/c1-13-17(11-21-24(13)15-5-3-2-4-6-15)18-22-23(19(29)28-18)12-20-14-7-9-16(10-8-14)25(26)27/h2-11,20H,12H2,1H3. The van der Waals surface area contributed by atoms with Gasteiger partial charge in [-0.2, -0.15) is 5.10 Å². The molecule has 4 aromatic rings. The van der Waals surface area contributed by atoms with Crippen molar-refractivity contribution in [2.75, 3.05) is 5.32 Å². The molecule has 10 heteroatoms. The van der Waals surface area contributed by atoms with Crippen molar-refractivity contribution in [2.45, 2.75) is 13.6 Å². The number of non-ortho nitro benzene ring substituents is 1. The predicted octanol–water partition coefficient (Wildman–Crippen LogP) is 4.34. The van der Waals surface area contributed by atoms with Crippen LogP contribution in [0.25, 0.3) is 17.1 Å². The molecule has 0 amide bonds. The van der Waals surface area contributed by atoms with E-state index >= 15 is 0 Å². The van der Waals surface area contributed by atoms with Crippen molar-refractivity contribution in [2.24, 2.45) is 0 Å². The summed E-state index contributed by atoms with van der Waals surface area (Å²) in [5.41, 5.74) is 3.29. The number of hydrogen-bond donors (Lipinski definition) is 1. The number of nitro benzene ring substituents is 1. The first-order chi connectivity index (χ1) is 14.0. The van der Waals surface area contributed by atoms with E-state index in [-0.39, 0.29) is 17.2 Å². The molecule has 0 radical (unpaired) electrons. The van der Waals surface area contributed by atoms with Crippen molar-refractivity contribution in [3.05, 3.63) is 81.4 Å². The summed E-state index contributed by atoms with van der Waals surface area (Å²) in [5, 5.41) is 22.7. The quantitative estimate of drug-likeness (QED) is 0.287. The second kappa shape index (κ2) is 7.68. The lowest BCUT2D eigenvalue weighted by molar-refractivity contribution is -0.384. The van der Waals surface area contributed by atoms with Gasteiger partial charge in [0, 0.05) is 17.8 Å². The molecule has 4 rings (SSSR count). The Balaban J connectivity index is 1.53. The highest BCUT2D eigenvalue weighted by molar-refractivity contribution is 7.71. The maximum Gasteiger partial charge on any atom is 0.289 e. The second-order valence-electron chi connectivity index (χ2n) is 6.20. The molecule has 0 atom stereocenters. The molecule has 2 aromatic heterocycles. The van der Waals surface area contributed by atoms with Gasteiger partial charge < -0.3 is 9.73 Å². The second-order valence-corrected chi connectivity index (χ2v) is 6.55. The number of para-hydroxylation sites is 1. The Bertz CT molecular complexity index is 1210. The third kappa shape index (κ3) is 3.78. The van der Waals surface area contributed by atoms with Gasteiger partial charge in [0.25, 0.3) is 10.5 Å². The minimum Gasteiger partial charge on any atom is -0.409 e. The molecule has 0 aliphatic carbocycles. The molecule has 0 aliphatic rings. The van der Waals surface area contributed by atoms with Gasteiger partial charge in [0.2, 0.25) is 5.89 Å². The summed E-state index contributed by atoms with van der Waals surface area (Å²) < 4.78 is 8.97. The average molecular weight is 408 g/mol. The van der Waals surface area contributed by atoms with Crippen molar-refractivity contribution in [3.63, 3.8) is 0 Å². The number of rotatable bonds is 6. The normalized spacial score (nSPS) is 10.8. The van der Waals surface area contributed by atoms with E-state index in [9.17, 15) is 10.1 Å². The van der Waals surface area contributed by atoms with Gasteiger partial charge in [0.1, 0.15) is 6.67 Å². The van der Waals surface area contributed by atoms with Crippen LogP contribution >= 0.6 is 12.2 Å². The summed E-state index contributed by atoms with van der Waals surface area (Å²) in [6.07, 6.45) is 1.69. The number of hydrogen-bond acceptors (Lipinski definition) is 7. The number of nitrogens with one attached hydrogen (secondary N) is 1. The average Bonchev–Trinajstić information content (AvgIpc) is 3.29. The highest BCUT2D eigenvalue weighted by atomic mass is 32.1. The first kappa shape index (κ1) is 18.6. The van der Waals surface area contributed by atoms with Crippen molar-refractivity contribution in [1.82, 2.24) is 19.6 Å². The SMILES string of the molecule is Cc1c(-c2nn(CNc3ccc([N+](=O)[O-])cc3)c(=S)o2)cnn1-c1ccccc1. The Labute approximate surface area is 170 Å². The van der Waals surface area contributed by atoms with Crippen molar-refractivity contribution in [1.29, 1.82) is 0 Å². The molecular formula is C19H16N6O3S. The molecule has 2 aromatic carbocycles. The van der Waals surface area contributed by atoms with Crippen LogP contribution in [0.15, 0.2) is 65.2 Å². The summed E-state index contributed by atoms with van der Waals surface area (Å²) in [7, 11) is 0. The van der Waals surface area contributed by atoms with E-state index < -0.39 is 4.92 Å². The Hall–Kier alpha value is -3.79. The maximum atomic E-state index is 10.7. The Kier molecular flexibility index (Phi) is 4.92. The number of anilines is 1. The molecule has 9 nitrogen and oxygen atoms in total. The fraction of sp³-hybridized carbons (Fsp3) is 0.105. The Morgan fingerprint density at radius 1 is 1.17 bits per heavy atom. The fourth-order valence-electron chi connectivity index (χ4n) is 2.83. The minimum absolute atomic E-state index is 0.0294. The van der Waals surface area contributed by atoms with Gasteiger partial charge in [-0.25, -0.2) is 9.36 Å². The molecule has 0 spiro atoms. The van der Waals surface area contributed by atoms with Crippen molar-refractivity contribution >= 4 is 23.6 Å². The molecule has 0 bridgehead atoms. The Morgan fingerprint density at radius 3 is 2.59 bits per heavy atom. The molecule has 2 heterocycles. The summed E-state index contributed by atoms with van der Waals surface area (Å²) in [4.78, 5) is 10.5. The number of nitro groups is 1. The molecule has 29 heavy (non-hydrogen) atoms. The van der Waals surface area contributed by atoms with Gasteiger partial charge in [-0.1, -0.05) is 18.2 Å². The lowest BCUT2D eigenvalue weighted by atomic mass is 10.2. The maximum absolute atomic E-state index is 10.7. The summed E-state index contributed by atoms with van der Waals surface area (Å²) in [5.74, 6) is 0.375. The monoisotopic (exact) mass is 408 g/mol. The van der Waals surface area contributed by atoms with Crippen LogP contribution in [-0.2, 0) is 6.67 Å². The summed E-state index contributed by atoms with van der Waals surface area (Å²) >= 11 is 5.26. The van der Waals surface area contributed by atoms with E-state index in [1.165, 1.54) is 16.8 Å². The lowest BCUT2D eigenvalue weighted by Crippen LogP contribution is -2.09. The fourth-order valence-corrected chi connectivity index (χ4v) is 3.02. The van der Waals surface area contributed by atoms with Gasteiger partial charge in [0.05, 0.1) is 28.1 Å². The van der Waals surface area contributed by atoms with Gasteiger partial charge in [-0.15, -0.1) is 5.10 Å². The topological polar surface area (TPSA) is 104 Å². The van der Waals surface area contributed by atoms with Gasteiger partial charge in [0.15, 0.2) is 0 Å². The zero-order valence-electron chi connectivity index (χ0n) is 15.3. The first-order valence-electron chi connectivity index (χ1n) is 8.69. The van der Waals surface area contributed by atoms with Crippen LogP contribution in [0.2, 0.25) is 0 Å². The van der Waals surface area contributed by atoms with Crippen LogP contribution in [0.3, 0.4) is 0 Å². The zero-order valence-corrected chi connectivity index (χ0v) is 16.2. The predicted molar refractivity (Wildman–Crippen MR) is 109 cm³/mol.